The number of benzene rings is 3. The zero-order chi connectivity index (χ0) is 17.9. The summed E-state index contributed by atoms with van der Waals surface area (Å²) in [5.74, 6) is 0. The van der Waals surface area contributed by atoms with Crippen LogP contribution >= 0.6 is 27.7 Å². The normalized spacial score (nSPS) is 13.0. The summed E-state index contributed by atoms with van der Waals surface area (Å²) in [7, 11) is 0. The second kappa shape index (κ2) is 7.67. The number of hydrogen-bond donors (Lipinski definition) is 0. The van der Waals surface area contributed by atoms with Gasteiger partial charge in [0.2, 0.25) is 0 Å². The molecule has 3 rings (SSSR count). The summed E-state index contributed by atoms with van der Waals surface area (Å²) in [5.41, 5.74) is -0.376. The van der Waals surface area contributed by atoms with Gasteiger partial charge in [0.25, 0.3) is 0 Å². The predicted octanol–water partition coefficient (Wildman–Crippen LogP) is 7.30. The third-order valence-corrected chi connectivity index (χ3v) is 5.76. The predicted molar refractivity (Wildman–Crippen MR) is 103 cm³/mol. The van der Waals surface area contributed by atoms with Gasteiger partial charge in [-0.1, -0.05) is 88.4 Å². The summed E-state index contributed by atoms with van der Waals surface area (Å²) in [4.78, 5) is 1.02. The molecule has 0 heterocycles. The molecule has 0 atom stereocenters. The van der Waals surface area contributed by atoms with Gasteiger partial charge in [-0.25, -0.2) is 0 Å². The molecular formula is C20H14BrF3S. The second-order valence-corrected chi connectivity index (χ2v) is 7.10. The van der Waals surface area contributed by atoms with Crippen LogP contribution < -0.4 is 0 Å². The fourth-order valence-electron chi connectivity index (χ4n) is 2.68. The van der Waals surface area contributed by atoms with Gasteiger partial charge in [0.05, 0.1) is 5.57 Å². The Morgan fingerprint density at radius 1 is 0.840 bits per heavy atom. The average molecular weight is 423 g/mol. The van der Waals surface area contributed by atoms with E-state index in [0.29, 0.717) is 5.39 Å². The Bertz CT molecular complexity index is 896. The van der Waals surface area contributed by atoms with Crippen molar-refractivity contribution in [2.45, 2.75) is 11.1 Å². The zero-order valence-corrected chi connectivity index (χ0v) is 15.5. The summed E-state index contributed by atoms with van der Waals surface area (Å²) >= 11 is 4.39. The number of rotatable bonds is 4. The number of halogens is 4. The van der Waals surface area contributed by atoms with Crippen molar-refractivity contribution in [2.24, 2.45) is 0 Å². The van der Waals surface area contributed by atoms with E-state index in [4.69, 9.17) is 0 Å². The van der Waals surface area contributed by atoms with E-state index in [1.54, 1.807) is 24.3 Å². The van der Waals surface area contributed by atoms with Crippen LogP contribution in [0.15, 0.2) is 82.6 Å². The van der Waals surface area contributed by atoms with Crippen molar-refractivity contribution in [1.82, 2.24) is 0 Å². The highest BCUT2D eigenvalue weighted by molar-refractivity contribution is 9.09. The molecule has 0 fully saturated rings. The first-order valence-corrected chi connectivity index (χ1v) is 9.52. The van der Waals surface area contributed by atoms with Crippen molar-refractivity contribution >= 4 is 44.0 Å². The number of allylic oxidation sites excluding steroid dienone is 2. The molecule has 0 spiro atoms. The molecule has 0 aliphatic rings. The lowest BCUT2D eigenvalue weighted by Gasteiger charge is -2.18. The van der Waals surface area contributed by atoms with Gasteiger partial charge in [0.1, 0.15) is 0 Å². The van der Waals surface area contributed by atoms with Crippen molar-refractivity contribution in [3.05, 3.63) is 83.3 Å². The monoisotopic (exact) mass is 422 g/mol. The summed E-state index contributed by atoms with van der Waals surface area (Å²) in [6, 6.07) is 21.3. The number of alkyl halides is 4. The van der Waals surface area contributed by atoms with Crippen LogP contribution in [-0.2, 0) is 0 Å². The quantitative estimate of drug-likeness (QED) is 0.313. The molecule has 0 nitrogen and oxygen atoms in total. The van der Waals surface area contributed by atoms with Crippen molar-refractivity contribution in [2.75, 3.05) is 5.33 Å². The van der Waals surface area contributed by atoms with Gasteiger partial charge in [-0.2, -0.15) is 13.2 Å². The van der Waals surface area contributed by atoms with E-state index in [9.17, 15) is 13.2 Å². The number of hydrogen-bond acceptors (Lipinski definition) is 1. The van der Waals surface area contributed by atoms with Gasteiger partial charge in [0.15, 0.2) is 0 Å². The van der Waals surface area contributed by atoms with Crippen molar-refractivity contribution in [3.63, 3.8) is 0 Å². The van der Waals surface area contributed by atoms with Crippen LogP contribution in [0.25, 0.3) is 16.3 Å². The molecule has 25 heavy (non-hydrogen) atoms. The maximum Gasteiger partial charge on any atom is 0.417 e. The maximum atomic E-state index is 14.0. The topological polar surface area (TPSA) is 0 Å². The van der Waals surface area contributed by atoms with Gasteiger partial charge < -0.3 is 0 Å². The lowest BCUT2D eigenvalue weighted by Crippen LogP contribution is -2.13. The Morgan fingerprint density at radius 2 is 1.48 bits per heavy atom. The molecule has 0 unspecified atom stereocenters. The minimum Gasteiger partial charge on any atom is -0.166 e. The lowest BCUT2D eigenvalue weighted by atomic mass is 9.97. The lowest BCUT2D eigenvalue weighted by molar-refractivity contribution is -0.0690. The Labute approximate surface area is 156 Å². The van der Waals surface area contributed by atoms with E-state index in [2.05, 4.69) is 15.9 Å². The van der Waals surface area contributed by atoms with Gasteiger partial charge >= 0.3 is 6.18 Å². The van der Waals surface area contributed by atoms with Crippen molar-refractivity contribution in [3.8, 4) is 0 Å². The molecule has 0 saturated heterocycles. The molecule has 0 bridgehead atoms. The third-order valence-electron chi connectivity index (χ3n) is 3.73. The Hall–Kier alpha value is -1.72. The van der Waals surface area contributed by atoms with Crippen LogP contribution in [0.2, 0.25) is 0 Å². The standard InChI is InChI=1S/C20H14BrF3S/c21-13-18(25-15-9-2-1-3-10-15)19(20(22,23)24)17-12-6-8-14-7-4-5-11-16(14)17/h1-12H,13H2/b19-18+. The first kappa shape index (κ1) is 18.1. The van der Waals surface area contributed by atoms with E-state index in [1.165, 1.54) is 0 Å². The summed E-state index contributed by atoms with van der Waals surface area (Å²) in [6.45, 7) is 0. The van der Waals surface area contributed by atoms with Gasteiger partial charge in [-0.3, -0.25) is 0 Å². The fourth-order valence-corrected chi connectivity index (χ4v) is 4.26. The molecular weight excluding hydrogens is 409 g/mol. The van der Waals surface area contributed by atoms with Crippen LogP contribution in [0.5, 0.6) is 0 Å². The molecule has 0 radical (unpaired) electrons. The summed E-state index contributed by atoms with van der Waals surface area (Å²) in [5, 5.41) is 1.52. The van der Waals surface area contributed by atoms with E-state index in [1.807, 2.05) is 48.5 Å². The highest BCUT2D eigenvalue weighted by Gasteiger charge is 2.38. The fraction of sp³-hybridized carbons (Fsp3) is 0.100. The first-order valence-electron chi connectivity index (χ1n) is 7.58. The molecule has 0 N–H and O–H groups in total. The smallest absolute Gasteiger partial charge is 0.166 e. The largest absolute Gasteiger partial charge is 0.417 e. The Balaban J connectivity index is 2.22. The van der Waals surface area contributed by atoms with E-state index in [-0.39, 0.29) is 15.8 Å². The van der Waals surface area contributed by atoms with Crippen molar-refractivity contribution < 1.29 is 13.2 Å². The molecule has 0 aliphatic carbocycles. The molecule has 0 aliphatic heterocycles. The average Bonchev–Trinajstić information content (AvgIpc) is 2.61. The number of thioether (sulfide) groups is 1. The van der Waals surface area contributed by atoms with Crippen LogP contribution in [0.3, 0.4) is 0 Å². The zero-order valence-electron chi connectivity index (χ0n) is 13.1. The van der Waals surface area contributed by atoms with Crippen LogP contribution in [0, 0.1) is 0 Å². The summed E-state index contributed by atoms with van der Waals surface area (Å²) < 4.78 is 41.9. The minimum absolute atomic E-state index is 0.130. The molecule has 128 valence electrons. The third kappa shape index (κ3) is 4.10. The van der Waals surface area contributed by atoms with Crippen molar-refractivity contribution in [1.29, 1.82) is 0 Å². The highest BCUT2D eigenvalue weighted by atomic mass is 79.9. The molecule has 5 heteroatoms. The van der Waals surface area contributed by atoms with E-state index < -0.39 is 11.7 Å². The van der Waals surface area contributed by atoms with Gasteiger partial charge in [-0.15, -0.1) is 0 Å². The number of fused-ring (bicyclic) bond motifs is 1. The second-order valence-electron chi connectivity index (χ2n) is 5.37. The SMILES string of the molecule is FC(F)(F)/C(=C(\CBr)Sc1ccccc1)c1cccc2ccccc12. The maximum absolute atomic E-state index is 14.0. The van der Waals surface area contributed by atoms with Gasteiger partial charge in [0, 0.05) is 15.1 Å². The molecule has 3 aromatic rings. The van der Waals surface area contributed by atoms with Crippen LogP contribution in [-0.4, -0.2) is 11.5 Å². The van der Waals surface area contributed by atoms with Crippen LogP contribution in [0.4, 0.5) is 13.2 Å². The van der Waals surface area contributed by atoms with Crippen LogP contribution in [0.1, 0.15) is 5.56 Å². The highest BCUT2D eigenvalue weighted by Crippen LogP contribution is 2.44. The molecule has 0 aromatic heterocycles. The Morgan fingerprint density at radius 3 is 2.16 bits per heavy atom. The molecule has 3 aromatic carbocycles. The molecule has 0 amide bonds. The van der Waals surface area contributed by atoms with E-state index >= 15 is 0 Å². The van der Waals surface area contributed by atoms with E-state index in [0.717, 1.165) is 22.0 Å². The summed E-state index contributed by atoms with van der Waals surface area (Å²) in [6.07, 6.45) is -4.45. The molecule has 0 saturated carbocycles. The first-order chi connectivity index (χ1) is 12.0. The Kier molecular flexibility index (Phi) is 5.54. The minimum atomic E-state index is -4.45. The van der Waals surface area contributed by atoms with Gasteiger partial charge in [-0.05, 0) is 28.5 Å².